The summed E-state index contributed by atoms with van der Waals surface area (Å²) >= 11 is 0. The maximum atomic E-state index is 14.4. The zero-order valence-electron chi connectivity index (χ0n) is 16.4. The van der Waals surface area contributed by atoms with Crippen molar-refractivity contribution in [3.05, 3.63) is 65.5 Å². The van der Waals surface area contributed by atoms with E-state index in [1.54, 1.807) is 24.0 Å². The standard InChI is InChI=1S/C21H24FN3O2.2ClH/c1-15(26)16-8-9-19(18(22)14-16)24-10-12-25(13-11-24)20(27)21(2,23)17-6-4-3-5-7-17;;/h3-9,14H,10-13,23H2,1-2H3;2*1H. The van der Waals surface area contributed by atoms with Crippen LogP contribution in [0.2, 0.25) is 0 Å². The van der Waals surface area contributed by atoms with Crippen molar-refractivity contribution in [1.29, 1.82) is 0 Å². The number of ketones is 1. The lowest BCUT2D eigenvalue weighted by Crippen LogP contribution is -2.56. The van der Waals surface area contributed by atoms with Crippen molar-refractivity contribution in [2.24, 2.45) is 5.73 Å². The zero-order valence-corrected chi connectivity index (χ0v) is 18.1. The predicted molar refractivity (Wildman–Crippen MR) is 118 cm³/mol. The molecule has 0 saturated carbocycles. The van der Waals surface area contributed by atoms with Crippen LogP contribution in [0.25, 0.3) is 0 Å². The lowest BCUT2D eigenvalue weighted by molar-refractivity contribution is -0.137. The molecular formula is C21H26Cl2FN3O2. The monoisotopic (exact) mass is 441 g/mol. The Labute approximate surface area is 182 Å². The van der Waals surface area contributed by atoms with Gasteiger partial charge in [-0.25, -0.2) is 4.39 Å². The summed E-state index contributed by atoms with van der Waals surface area (Å²) in [7, 11) is 0. The van der Waals surface area contributed by atoms with Gasteiger partial charge in [-0.05, 0) is 37.6 Å². The second-order valence-corrected chi connectivity index (χ2v) is 7.07. The molecule has 1 unspecified atom stereocenters. The van der Waals surface area contributed by atoms with Crippen LogP contribution in [0.15, 0.2) is 48.5 Å². The second kappa shape index (κ2) is 10.1. The number of Topliss-reactive ketones (excluding diaryl/α,β-unsaturated/α-hetero) is 1. The van der Waals surface area contributed by atoms with E-state index in [4.69, 9.17) is 5.73 Å². The van der Waals surface area contributed by atoms with Gasteiger partial charge in [0.1, 0.15) is 11.4 Å². The van der Waals surface area contributed by atoms with Gasteiger partial charge in [-0.3, -0.25) is 9.59 Å². The van der Waals surface area contributed by atoms with Crippen molar-refractivity contribution in [1.82, 2.24) is 4.90 Å². The predicted octanol–water partition coefficient (Wildman–Crippen LogP) is 3.39. The first-order chi connectivity index (χ1) is 12.8. The highest BCUT2D eigenvalue weighted by molar-refractivity contribution is 5.94. The number of halogens is 3. The van der Waals surface area contributed by atoms with E-state index in [1.807, 2.05) is 35.2 Å². The molecule has 1 fully saturated rings. The van der Waals surface area contributed by atoms with E-state index in [9.17, 15) is 14.0 Å². The van der Waals surface area contributed by atoms with Crippen LogP contribution in [0.5, 0.6) is 0 Å². The normalized spacial score (nSPS) is 15.6. The van der Waals surface area contributed by atoms with E-state index in [0.717, 1.165) is 5.56 Å². The molecule has 1 saturated heterocycles. The van der Waals surface area contributed by atoms with Crippen molar-refractivity contribution in [3.8, 4) is 0 Å². The van der Waals surface area contributed by atoms with Crippen LogP contribution in [0, 0.1) is 5.82 Å². The van der Waals surface area contributed by atoms with Gasteiger partial charge >= 0.3 is 0 Å². The summed E-state index contributed by atoms with van der Waals surface area (Å²) in [5.74, 6) is -0.727. The summed E-state index contributed by atoms with van der Waals surface area (Å²) in [6.07, 6.45) is 0. The molecule has 1 heterocycles. The Kier molecular flexibility index (Phi) is 8.63. The van der Waals surface area contributed by atoms with Gasteiger partial charge in [0.05, 0.1) is 5.69 Å². The van der Waals surface area contributed by atoms with Crippen molar-refractivity contribution < 1.29 is 14.0 Å². The number of nitrogens with two attached hydrogens (primary N) is 1. The molecule has 2 aromatic carbocycles. The summed E-state index contributed by atoms with van der Waals surface area (Å²) in [5, 5.41) is 0. The first-order valence-corrected chi connectivity index (χ1v) is 9.00. The van der Waals surface area contributed by atoms with Crippen molar-refractivity contribution in [2.45, 2.75) is 19.4 Å². The van der Waals surface area contributed by atoms with Gasteiger partial charge in [0.2, 0.25) is 5.91 Å². The Balaban J connectivity index is 0.00000210. The van der Waals surface area contributed by atoms with Crippen molar-refractivity contribution in [3.63, 3.8) is 0 Å². The molecule has 2 N–H and O–H groups in total. The van der Waals surface area contributed by atoms with Gasteiger partial charge < -0.3 is 15.5 Å². The number of hydrogen-bond donors (Lipinski definition) is 1. The molecule has 1 amide bonds. The molecule has 29 heavy (non-hydrogen) atoms. The molecule has 1 atom stereocenters. The fourth-order valence-corrected chi connectivity index (χ4v) is 3.37. The number of nitrogens with zero attached hydrogens (tertiary/aromatic N) is 2. The van der Waals surface area contributed by atoms with E-state index in [2.05, 4.69) is 0 Å². The molecule has 1 aliphatic rings. The zero-order chi connectivity index (χ0) is 19.6. The van der Waals surface area contributed by atoms with Crippen molar-refractivity contribution >= 4 is 42.2 Å². The molecule has 2 aromatic rings. The first kappa shape index (κ1) is 24.9. The van der Waals surface area contributed by atoms with Crippen LogP contribution in [0.4, 0.5) is 10.1 Å². The molecule has 3 rings (SSSR count). The molecule has 0 radical (unpaired) electrons. The van der Waals surface area contributed by atoms with Crippen LogP contribution in [0.1, 0.15) is 29.8 Å². The fourth-order valence-electron chi connectivity index (χ4n) is 3.37. The number of carbonyl (C=O) groups is 2. The van der Waals surface area contributed by atoms with E-state index in [-0.39, 0.29) is 36.5 Å². The van der Waals surface area contributed by atoms with E-state index in [0.29, 0.717) is 37.4 Å². The molecule has 158 valence electrons. The van der Waals surface area contributed by atoms with Gasteiger partial charge in [-0.1, -0.05) is 30.3 Å². The van der Waals surface area contributed by atoms with Gasteiger partial charge in [-0.2, -0.15) is 0 Å². The Hall–Kier alpha value is -2.15. The lowest BCUT2D eigenvalue weighted by Gasteiger charge is -2.39. The third-order valence-electron chi connectivity index (χ3n) is 5.08. The van der Waals surface area contributed by atoms with E-state index in [1.165, 1.54) is 13.0 Å². The number of rotatable bonds is 4. The van der Waals surface area contributed by atoms with Crippen molar-refractivity contribution in [2.75, 3.05) is 31.1 Å². The summed E-state index contributed by atoms with van der Waals surface area (Å²) < 4.78 is 14.4. The average Bonchev–Trinajstić information content (AvgIpc) is 2.68. The first-order valence-electron chi connectivity index (χ1n) is 9.00. The summed E-state index contributed by atoms with van der Waals surface area (Å²) in [6.45, 7) is 5.07. The molecule has 5 nitrogen and oxygen atoms in total. The molecule has 0 aromatic heterocycles. The summed E-state index contributed by atoms with van der Waals surface area (Å²) in [6, 6.07) is 13.8. The molecule has 0 bridgehead atoms. The van der Waals surface area contributed by atoms with Crippen LogP contribution in [-0.2, 0) is 10.3 Å². The number of amides is 1. The second-order valence-electron chi connectivity index (χ2n) is 7.07. The maximum absolute atomic E-state index is 14.4. The fraction of sp³-hybridized carbons (Fsp3) is 0.333. The number of anilines is 1. The summed E-state index contributed by atoms with van der Waals surface area (Å²) in [4.78, 5) is 27.9. The maximum Gasteiger partial charge on any atom is 0.247 e. The smallest absolute Gasteiger partial charge is 0.247 e. The highest BCUT2D eigenvalue weighted by Crippen LogP contribution is 2.25. The van der Waals surface area contributed by atoms with Gasteiger partial charge in [-0.15, -0.1) is 24.8 Å². The van der Waals surface area contributed by atoms with Gasteiger partial charge in [0.25, 0.3) is 0 Å². The molecule has 0 aliphatic carbocycles. The minimum atomic E-state index is -1.10. The topological polar surface area (TPSA) is 66.6 Å². The minimum Gasteiger partial charge on any atom is -0.366 e. The quantitative estimate of drug-likeness (QED) is 0.738. The SMILES string of the molecule is CC(=O)c1ccc(N2CCN(C(=O)C(C)(N)c3ccccc3)CC2)c(F)c1.Cl.Cl. The molecule has 8 heteroatoms. The highest BCUT2D eigenvalue weighted by atomic mass is 35.5. The molecular weight excluding hydrogens is 416 g/mol. The summed E-state index contributed by atoms with van der Waals surface area (Å²) in [5.41, 5.74) is 6.80. The minimum absolute atomic E-state index is 0. The lowest BCUT2D eigenvalue weighted by atomic mass is 9.91. The Morgan fingerprint density at radius 2 is 1.59 bits per heavy atom. The number of carbonyl (C=O) groups excluding carboxylic acids is 2. The van der Waals surface area contributed by atoms with Crippen LogP contribution >= 0.6 is 24.8 Å². The Morgan fingerprint density at radius 1 is 1.00 bits per heavy atom. The Morgan fingerprint density at radius 3 is 2.10 bits per heavy atom. The van der Waals surface area contributed by atoms with Crippen LogP contribution < -0.4 is 10.6 Å². The number of benzene rings is 2. The number of hydrogen-bond acceptors (Lipinski definition) is 4. The average molecular weight is 442 g/mol. The molecule has 1 aliphatic heterocycles. The van der Waals surface area contributed by atoms with E-state index >= 15 is 0 Å². The highest BCUT2D eigenvalue weighted by Gasteiger charge is 2.36. The largest absolute Gasteiger partial charge is 0.366 e. The van der Waals surface area contributed by atoms with Gasteiger partial charge in [0, 0.05) is 31.7 Å². The third-order valence-corrected chi connectivity index (χ3v) is 5.08. The van der Waals surface area contributed by atoms with Crippen LogP contribution in [-0.4, -0.2) is 42.8 Å². The van der Waals surface area contributed by atoms with Gasteiger partial charge in [0.15, 0.2) is 5.78 Å². The third kappa shape index (κ3) is 5.26. The molecule has 0 spiro atoms. The Bertz CT molecular complexity index is 854. The van der Waals surface area contributed by atoms with Crippen LogP contribution in [0.3, 0.4) is 0 Å². The number of piperazine rings is 1. The van der Waals surface area contributed by atoms with E-state index < -0.39 is 11.4 Å².